The monoisotopic (exact) mass is 193 g/mol. The third-order valence-corrected chi connectivity index (χ3v) is 2.60. The molecule has 0 saturated carbocycles. The third-order valence-electron chi connectivity index (χ3n) is 1.92. The Morgan fingerprint density at radius 2 is 2.46 bits per heavy atom. The van der Waals surface area contributed by atoms with Crippen LogP contribution in [0.25, 0.3) is 11.3 Å². The molecule has 2 rings (SSSR count). The van der Waals surface area contributed by atoms with Crippen molar-refractivity contribution >= 4 is 11.3 Å². The molecule has 68 valence electrons. The summed E-state index contributed by atoms with van der Waals surface area (Å²) >= 11 is 1.67. The Hall–Kier alpha value is -1.13. The van der Waals surface area contributed by atoms with Crippen LogP contribution in [-0.4, -0.2) is 9.78 Å². The Morgan fingerprint density at radius 1 is 1.62 bits per heavy atom. The molecule has 0 spiro atoms. The Labute approximate surface area is 80.8 Å². The van der Waals surface area contributed by atoms with Gasteiger partial charge in [-0.15, -0.1) is 0 Å². The SMILES string of the molecule is Cn1cc(CN)c(-c2ccsc2)n1. The van der Waals surface area contributed by atoms with Gasteiger partial charge in [-0.25, -0.2) is 0 Å². The van der Waals surface area contributed by atoms with Crippen molar-refractivity contribution in [2.45, 2.75) is 6.54 Å². The predicted octanol–water partition coefficient (Wildman–Crippen LogP) is 1.61. The van der Waals surface area contributed by atoms with Crippen molar-refractivity contribution in [2.24, 2.45) is 12.8 Å². The summed E-state index contributed by atoms with van der Waals surface area (Å²) in [5, 5.41) is 8.50. The number of thiophene rings is 1. The Balaban J connectivity index is 2.50. The van der Waals surface area contributed by atoms with Crippen molar-refractivity contribution in [1.29, 1.82) is 0 Å². The topological polar surface area (TPSA) is 43.8 Å². The standard InChI is InChI=1S/C9H11N3S/c1-12-5-8(4-10)9(11-12)7-2-3-13-6-7/h2-3,5-6H,4,10H2,1H3. The van der Waals surface area contributed by atoms with Crippen LogP contribution in [0.5, 0.6) is 0 Å². The summed E-state index contributed by atoms with van der Waals surface area (Å²) in [6, 6.07) is 2.06. The summed E-state index contributed by atoms with van der Waals surface area (Å²) in [5.74, 6) is 0. The maximum absolute atomic E-state index is 5.62. The van der Waals surface area contributed by atoms with Crippen LogP contribution in [0.15, 0.2) is 23.0 Å². The minimum atomic E-state index is 0.541. The fraction of sp³-hybridized carbons (Fsp3) is 0.222. The highest BCUT2D eigenvalue weighted by Crippen LogP contribution is 2.23. The average molecular weight is 193 g/mol. The van der Waals surface area contributed by atoms with Crippen molar-refractivity contribution in [2.75, 3.05) is 0 Å². The number of nitrogens with zero attached hydrogens (tertiary/aromatic N) is 2. The van der Waals surface area contributed by atoms with Gasteiger partial charge < -0.3 is 5.73 Å². The smallest absolute Gasteiger partial charge is 0.0976 e. The lowest BCUT2D eigenvalue weighted by Crippen LogP contribution is -1.95. The summed E-state index contributed by atoms with van der Waals surface area (Å²) in [6.45, 7) is 0.541. The van der Waals surface area contributed by atoms with Crippen LogP contribution >= 0.6 is 11.3 Å². The van der Waals surface area contributed by atoms with Gasteiger partial charge in [0.15, 0.2) is 0 Å². The molecular weight excluding hydrogens is 182 g/mol. The molecule has 0 saturated heterocycles. The molecule has 2 N–H and O–H groups in total. The molecule has 0 amide bonds. The second kappa shape index (κ2) is 3.32. The molecule has 4 heteroatoms. The molecule has 13 heavy (non-hydrogen) atoms. The van der Waals surface area contributed by atoms with Crippen LogP contribution in [0.1, 0.15) is 5.56 Å². The molecule has 0 aromatic carbocycles. The summed E-state index contributed by atoms with van der Waals surface area (Å²) in [5.41, 5.74) is 8.88. The van der Waals surface area contributed by atoms with Crippen LogP contribution in [-0.2, 0) is 13.6 Å². The minimum absolute atomic E-state index is 0.541. The van der Waals surface area contributed by atoms with Gasteiger partial charge in [-0.3, -0.25) is 4.68 Å². The second-order valence-electron chi connectivity index (χ2n) is 2.89. The molecule has 0 atom stereocenters. The van der Waals surface area contributed by atoms with Crippen LogP contribution in [0, 0.1) is 0 Å². The summed E-state index contributed by atoms with van der Waals surface area (Å²) in [4.78, 5) is 0. The van der Waals surface area contributed by atoms with Gasteiger partial charge in [-0.1, -0.05) is 0 Å². The van der Waals surface area contributed by atoms with E-state index >= 15 is 0 Å². The Morgan fingerprint density at radius 3 is 3.08 bits per heavy atom. The zero-order valence-corrected chi connectivity index (χ0v) is 8.21. The molecule has 0 fully saturated rings. The van der Waals surface area contributed by atoms with Crippen LogP contribution in [0.3, 0.4) is 0 Å². The van der Waals surface area contributed by atoms with Crippen molar-refractivity contribution in [3.05, 3.63) is 28.6 Å². The molecular formula is C9H11N3S. The Bertz CT molecular complexity index is 389. The van der Waals surface area contributed by atoms with Gasteiger partial charge in [0, 0.05) is 36.3 Å². The van der Waals surface area contributed by atoms with Crippen molar-refractivity contribution in [1.82, 2.24) is 9.78 Å². The van der Waals surface area contributed by atoms with Crippen molar-refractivity contribution in [3.63, 3.8) is 0 Å². The average Bonchev–Trinajstić information content (AvgIpc) is 2.71. The van der Waals surface area contributed by atoms with Gasteiger partial charge in [0.25, 0.3) is 0 Å². The number of nitrogens with two attached hydrogens (primary N) is 1. The van der Waals surface area contributed by atoms with E-state index in [1.54, 1.807) is 16.0 Å². The molecule has 0 aliphatic rings. The quantitative estimate of drug-likeness (QED) is 0.787. The number of aromatic nitrogens is 2. The van der Waals surface area contributed by atoms with E-state index in [4.69, 9.17) is 5.73 Å². The summed E-state index contributed by atoms with van der Waals surface area (Å²) in [7, 11) is 1.91. The van der Waals surface area contributed by atoms with Crippen molar-refractivity contribution in [3.8, 4) is 11.3 Å². The minimum Gasteiger partial charge on any atom is -0.326 e. The highest BCUT2D eigenvalue weighted by molar-refractivity contribution is 7.08. The van der Waals surface area contributed by atoms with Gasteiger partial charge >= 0.3 is 0 Å². The van der Waals surface area contributed by atoms with Crippen LogP contribution < -0.4 is 5.73 Å². The normalized spacial score (nSPS) is 10.6. The van der Waals surface area contributed by atoms with E-state index in [1.165, 1.54) is 0 Å². The predicted molar refractivity (Wildman–Crippen MR) is 54.4 cm³/mol. The zero-order chi connectivity index (χ0) is 9.26. The molecule has 2 aromatic rings. The van der Waals surface area contributed by atoms with E-state index in [1.807, 2.05) is 18.6 Å². The largest absolute Gasteiger partial charge is 0.326 e. The zero-order valence-electron chi connectivity index (χ0n) is 7.40. The lowest BCUT2D eigenvalue weighted by Gasteiger charge is -1.94. The number of aryl methyl sites for hydroxylation is 1. The molecule has 2 heterocycles. The van der Waals surface area contributed by atoms with E-state index in [0.717, 1.165) is 16.8 Å². The van der Waals surface area contributed by atoms with Crippen LogP contribution in [0.2, 0.25) is 0 Å². The maximum atomic E-state index is 5.62. The van der Waals surface area contributed by atoms with Crippen molar-refractivity contribution < 1.29 is 0 Å². The summed E-state index contributed by atoms with van der Waals surface area (Å²) < 4.78 is 1.80. The van der Waals surface area contributed by atoms with E-state index < -0.39 is 0 Å². The molecule has 2 aromatic heterocycles. The Kier molecular flexibility index (Phi) is 2.16. The molecule has 0 aliphatic heterocycles. The highest BCUT2D eigenvalue weighted by atomic mass is 32.1. The first-order valence-electron chi connectivity index (χ1n) is 4.06. The molecule has 0 bridgehead atoms. The van der Waals surface area contributed by atoms with Gasteiger partial charge in [0.05, 0.1) is 5.69 Å². The molecule has 3 nitrogen and oxygen atoms in total. The molecule has 0 unspecified atom stereocenters. The number of rotatable bonds is 2. The van der Waals surface area contributed by atoms with E-state index in [9.17, 15) is 0 Å². The van der Waals surface area contributed by atoms with Crippen LogP contribution in [0.4, 0.5) is 0 Å². The first-order valence-corrected chi connectivity index (χ1v) is 5.00. The number of hydrogen-bond donors (Lipinski definition) is 1. The first kappa shape index (κ1) is 8.47. The molecule has 0 aliphatic carbocycles. The second-order valence-corrected chi connectivity index (χ2v) is 3.67. The van der Waals surface area contributed by atoms with E-state index in [2.05, 4.69) is 16.5 Å². The van der Waals surface area contributed by atoms with E-state index in [0.29, 0.717) is 6.54 Å². The van der Waals surface area contributed by atoms with E-state index in [-0.39, 0.29) is 0 Å². The van der Waals surface area contributed by atoms with Gasteiger partial charge in [0.2, 0.25) is 0 Å². The number of hydrogen-bond acceptors (Lipinski definition) is 3. The van der Waals surface area contributed by atoms with Gasteiger partial charge in [-0.2, -0.15) is 16.4 Å². The fourth-order valence-electron chi connectivity index (χ4n) is 1.33. The lowest BCUT2D eigenvalue weighted by atomic mass is 10.1. The maximum Gasteiger partial charge on any atom is 0.0976 e. The molecule has 0 radical (unpaired) electrons. The van der Waals surface area contributed by atoms with Gasteiger partial charge in [0.1, 0.15) is 0 Å². The first-order chi connectivity index (χ1) is 6.31. The fourth-order valence-corrected chi connectivity index (χ4v) is 1.97. The highest BCUT2D eigenvalue weighted by Gasteiger charge is 2.08. The summed E-state index contributed by atoms with van der Waals surface area (Å²) in [6.07, 6.45) is 1.97. The van der Waals surface area contributed by atoms with Gasteiger partial charge in [-0.05, 0) is 11.4 Å². The third kappa shape index (κ3) is 1.50. The lowest BCUT2D eigenvalue weighted by molar-refractivity contribution is 0.769.